The van der Waals surface area contributed by atoms with E-state index in [1.165, 1.54) is 47.3 Å². The first-order valence-electron chi connectivity index (χ1n) is 11.3. The van der Waals surface area contributed by atoms with Crippen LogP contribution in [0.15, 0.2) is 30.5 Å². The van der Waals surface area contributed by atoms with Gasteiger partial charge in [-0.05, 0) is 26.0 Å². The smallest absolute Gasteiger partial charge is 1.00 e. The van der Waals surface area contributed by atoms with Gasteiger partial charge in [0.1, 0.15) is 12.1 Å². The van der Waals surface area contributed by atoms with Crippen LogP contribution >= 0.6 is 7.60 Å². The molecule has 1 aliphatic rings. The zero-order chi connectivity index (χ0) is 28.5. The molecule has 0 fully saturated rings. The van der Waals surface area contributed by atoms with Crippen molar-refractivity contribution in [2.75, 3.05) is 43.1 Å². The minimum atomic E-state index is -4.66. The van der Waals surface area contributed by atoms with Crippen molar-refractivity contribution in [3.63, 3.8) is 0 Å². The van der Waals surface area contributed by atoms with E-state index in [2.05, 4.69) is 25.6 Å². The summed E-state index contributed by atoms with van der Waals surface area (Å²) in [4.78, 5) is 45.0. The van der Waals surface area contributed by atoms with E-state index in [1.54, 1.807) is 12.1 Å². The van der Waals surface area contributed by atoms with Crippen LogP contribution in [0.2, 0.25) is 0 Å². The van der Waals surface area contributed by atoms with Gasteiger partial charge in [0.05, 0.1) is 27.5 Å². The second kappa shape index (κ2) is 21.5. The van der Waals surface area contributed by atoms with Gasteiger partial charge in [0.25, 0.3) is 5.91 Å². The molecular formula is C23H40FN6Na2O14P. The summed E-state index contributed by atoms with van der Waals surface area (Å²) in [5, 5.41) is 5.63. The van der Waals surface area contributed by atoms with Gasteiger partial charge in [0.15, 0.2) is 40.3 Å². The minimum Gasteiger partial charge on any atom is -1.00 e. The van der Waals surface area contributed by atoms with E-state index in [-0.39, 0.29) is 124 Å². The average Bonchev–Trinajstić information content (AvgIpc) is 2.87. The number of methoxy groups -OCH3 is 3. The molecule has 3 aromatic rings. The van der Waals surface area contributed by atoms with Crippen molar-refractivity contribution < 1.29 is 137 Å². The van der Waals surface area contributed by atoms with Crippen molar-refractivity contribution in [1.29, 1.82) is 0 Å². The van der Waals surface area contributed by atoms with Crippen LogP contribution in [0.4, 0.5) is 33.5 Å². The molecule has 2 aromatic heterocycles. The number of hydrogen-bond acceptors (Lipinski definition) is 11. The molecule has 20 nitrogen and oxygen atoms in total. The van der Waals surface area contributed by atoms with Crippen molar-refractivity contribution in [1.82, 2.24) is 15.0 Å². The minimum absolute atomic E-state index is 0. The number of carbonyl (C=O) groups excluding carboxylic acids is 1. The quantitative estimate of drug-likeness (QED) is 0.118. The van der Waals surface area contributed by atoms with E-state index >= 15 is 0 Å². The topological polar surface area (TPSA) is 366 Å². The standard InChI is InChI=1S/C23H26FN6O8P.2Na.6H2O.2H/c1-23(2)21(31)30(11-39(32,33)34)20-14(38-23)6-7-17(28-20)27-19-13(24)10-25-22(29-19)26-12-8-15(35-3)18(37-5)16(9-12)36-4;;;;;;;;;;/h6-10H,11H2,1-5H3,(H2,32,33,34)(H2,25,26,27,28,29);;;6*1H2;;/q;2*+1;;;;;;;2*-1. The zero-order valence-electron chi connectivity index (χ0n) is 28.6. The summed E-state index contributed by atoms with van der Waals surface area (Å²) in [6, 6.07) is 6.11. The Labute approximate surface area is 314 Å². The molecule has 0 atom stereocenters. The molecule has 47 heavy (non-hydrogen) atoms. The number of benzene rings is 1. The summed E-state index contributed by atoms with van der Waals surface area (Å²) in [5.41, 5.74) is -0.925. The number of nitrogens with one attached hydrogen (secondary N) is 2. The third-order valence-corrected chi connectivity index (χ3v) is 6.11. The Bertz CT molecular complexity index is 1480. The maximum atomic E-state index is 14.6. The number of hydrogen-bond donors (Lipinski definition) is 4. The number of aromatic nitrogens is 3. The molecule has 0 spiro atoms. The Hall–Kier alpha value is -2.44. The van der Waals surface area contributed by atoms with Crippen LogP contribution in [0, 0.1) is 5.82 Å². The SMILES string of the molecule is COc1cc(Nc2ncc(F)c(Nc3ccc4c(n3)N(CP(=O)(O)O)C(=O)C(C)(C)O4)n2)cc(OC)c1OC.O.O.O.O.O.O.[H-].[H-].[Na+].[Na+]. The van der Waals surface area contributed by atoms with Gasteiger partial charge in [0, 0.05) is 17.8 Å². The number of anilines is 5. The fourth-order valence-corrected chi connectivity index (χ4v) is 4.38. The summed E-state index contributed by atoms with van der Waals surface area (Å²) in [7, 11) is -0.262. The van der Waals surface area contributed by atoms with Gasteiger partial charge in [-0.15, -0.1) is 0 Å². The van der Waals surface area contributed by atoms with Gasteiger partial charge >= 0.3 is 66.7 Å². The summed E-state index contributed by atoms with van der Waals surface area (Å²) < 4.78 is 48.0. The molecule has 1 aromatic carbocycles. The van der Waals surface area contributed by atoms with Crippen molar-refractivity contribution in [2.24, 2.45) is 0 Å². The molecule has 4 rings (SSSR count). The summed E-state index contributed by atoms with van der Waals surface area (Å²) in [5.74, 6) is -0.646. The van der Waals surface area contributed by atoms with Crippen LogP contribution in [0.3, 0.4) is 0 Å². The summed E-state index contributed by atoms with van der Waals surface area (Å²) in [6.45, 7) is 2.94. The number of carbonyl (C=O) groups is 1. The van der Waals surface area contributed by atoms with Crippen molar-refractivity contribution >= 4 is 42.6 Å². The molecule has 3 heterocycles. The Morgan fingerprint density at radius 1 is 0.957 bits per heavy atom. The molecule has 1 aliphatic heterocycles. The van der Waals surface area contributed by atoms with Crippen molar-refractivity contribution in [3.05, 3.63) is 36.3 Å². The van der Waals surface area contributed by atoms with Crippen LogP contribution in [-0.4, -0.2) is 96.7 Å². The van der Waals surface area contributed by atoms with Crippen LogP contribution in [-0.2, 0) is 9.36 Å². The second-order valence-electron chi connectivity index (χ2n) is 8.72. The number of fused-ring (bicyclic) bond motifs is 1. The zero-order valence-corrected chi connectivity index (χ0v) is 31.4. The maximum Gasteiger partial charge on any atom is 1.00 e. The first kappa shape index (κ1) is 54.0. The number of pyridine rings is 1. The fourth-order valence-electron chi connectivity index (χ4n) is 3.75. The Morgan fingerprint density at radius 3 is 2.00 bits per heavy atom. The second-order valence-corrected chi connectivity index (χ2v) is 10.3. The molecule has 0 saturated heterocycles. The molecule has 260 valence electrons. The molecule has 0 saturated carbocycles. The maximum absolute atomic E-state index is 14.6. The van der Waals surface area contributed by atoms with Gasteiger partial charge < -0.3 is 75.1 Å². The Morgan fingerprint density at radius 2 is 1.51 bits per heavy atom. The van der Waals surface area contributed by atoms with E-state index < -0.39 is 31.2 Å². The van der Waals surface area contributed by atoms with E-state index in [0.29, 0.717) is 22.9 Å². The molecule has 16 N–H and O–H groups in total. The number of halogens is 1. The van der Waals surface area contributed by atoms with E-state index in [0.717, 1.165) is 11.1 Å². The normalized spacial score (nSPS) is 11.8. The van der Waals surface area contributed by atoms with Gasteiger partial charge in [-0.25, -0.2) is 14.4 Å². The van der Waals surface area contributed by atoms with Crippen LogP contribution < -0.4 is 93.6 Å². The predicted octanol–water partition coefficient (Wildman–Crippen LogP) is -7.55. The van der Waals surface area contributed by atoms with Crippen LogP contribution in [0.25, 0.3) is 0 Å². The van der Waals surface area contributed by atoms with E-state index in [4.69, 9.17) is 18.9 Å². The first-order valence-corrected chi connectivity index (χ1v) is 13.1. The van der Waals surface area contributed by atoms with E-state index in [9.17, 15) is 23.5 Å². The third kappa shape index (κ3) is 12.5. The van der Waals surface area contributed by atoms with E-state index in [1.807, 2.05) is 0 Å². The predicted molar refractivity (Wildman–Crippen MR) is 162 cm³/mol. The monoisotopic (exact) mass is 720 g/mol. The van der Waals surface area contributed by atoms with Gasteiger partial charge in [-0.2, -0.15) is 4.98 Å². The molecule has 0 bridgehead atoms. The number of amides is 1. The molecule has 0 aliphatic carbocycles. The Balaban J connectivity index is -0.000000353. The Kier molecular flexibility index (Phi) is 24.7. The molecule has 24 heteroatoms. The number of rotatable bonds is 9. The van der Waals surface area contributed by atoms with Crippen LogP contribution in [0.1, 0.15) is 16.7 Å². The van der Waals surface area contributed by atoms with Crippen molar-refractivity contribution in [2.45, 2.75) is 19.4 Å². The number of nitrogens with zero attached hydrogens (tertiary/aromatic N) is 4. The van der Waals surface area contributed by atoms with Gasteiger partial charge in [-0.3, -0.25) is 14.3 Å². The summed E-state index contributed by atoms with van der Waals surface area (Å²) >= 11 is 0. The number of ether oxygens (including phenoxy) is 4. The van der Waals surface area contributed by atoms with Crippen LogP contribution in [0.5, 0.6) is 23.0 Å². The largest absolute Gasteiger partial charge is 1.00 e. The van der Waals surface area contributed by atoms with Gasteiger partial charge in [-0.1, -0.05) is 0 Å². The van der Waals surface area contributed by atoms with Gasteiger partial charge in [0.2, 0.25) is 11.7 Å². The molecule has 1 amide bonds. The van der Waals surface area contributed by atoms with Crippen molar-refractivity contribution in [3.8, 4) is 23.0 Å². The molecular weight excluding hydrogens is 680 g/mol. The molecule has 0 radical (unpaired) electrons. The summed E-state index contributed by atoms with van der Waals surface area (Å²) in [6.07, 6.45) is 0.0239. The molecule has 0 unspecified atom stereocenters. The first-order chi connectivity index (χ1) is 18.3. The fraction of sp³-hybridized carbons (Fsp3) is 0.304. The third-order valence-electron chi connectivity index (χ3n) is 5.46. The average molecular weight is 721 g/mol.